The molecule has 2 heterocycles. The fourth-order valence-electron chi connectivity index (χ4n) is 1.97. The summed E-state index contributed by atoms with van der Waals surface area (Å²) >= 11 is 0. The second-order valence-corrected chi connectivity index (χ2v) is 5.08. The molecule has 3 aromatic rings. The monoisotopic (exact) mass is 328 g/mol. The topological polar surface area (TPSA) is 88.8 Å². The number of anilines is 5. The van der Waals surface area contributed by atoms with Gasteiger partial charge in [-0.3, -0.25) is 0 Å². The Bertz CT molecular complexity index is 867. The van der Waals surface area contributed by atoms with Crippen LogP contribution in [0, 0.1) is 18.6 Å². The molecule has 8 heteroatoms. The van der Waals surface area contributed by atoms with Gasteiger partial charge in [0.05, 0.1) is 0 Å². The number of rotatable bonds is 4. The van der Waals surface area contributed by atoms with Crippen molar-refractivity contribution in [2.45, 2.75) is 6.92 Å². The summed E-state index contributed by atoms with van der Waals surface area (Å²) in [5.74, 6) is -0.694. The Hall–Kier alpha value is -3.29. The first-order valence-electron chi connectivity index (χ1n) is 7.05. The SMILES string of the molecule is Cc1ccc(Nc2ncnc(Nc3ccc(F)c(F)c3)c2N)nc1. The lowest BCUT2D eigenvalue weighted by Gasteiger charge is -2.12. The molecule has 2 aromatic heterocycles. The molecule has 24 heavy (non-hydrogen) atoms. The third kappa shape index (κ3) is 3.37. The molecule has 0 spiro atoms. The molecule has 0 fully saturated rings. The van der Waals surface area contributed by atoms with Crippen molar-refractivity contribution in [3.8, 4) is 0 Å². The maximum Gasteiger partial charge on any atom is 0.160 e. The van der Waals surface area contributed by atoms with Crippen molar-refractivity contribution in [3.63, 3.8) is 0 Å². The summed E-state index contributed by atoms with van der Waals surface area (Å²) in [6, 6.07) is 7.11. The smallest absolute Gasteiger partial charge is 0.160 e. The number of aromatic nitrogens is 3. The first-order chi connectivity index (χ1) is 11.5. The second-order valence-electron chi connectivity index (χ2n) is 5.08. The summed E-state index contributed by atoms with van der Waals surface area (Å²) in [5.41, 5.74) is 7.60. The Morgan fingerprint density at radius 1 is 0.917 bits per heavy atom. The Balaban J connectivity index is 1.84. The lowest BCUT2D eigenvalue weighted by atomic mass is 10.3. The van der Waals surface area contributed by atoms with Crippen LogP contribution >= 0.6 is 0 Å². The van der Waals surface area contributed by atoms with Gasteiger partial charge in [0.1, 0.15) is 17.8 Å². The van der Waals surface area contributed by atoms with E-state index in [9.17, 15) is 8.78 Å². The number of halogens is 2. The molecule has 0 saturated heterocycles. The molecular weight excluding hydrogens is 314 g/mol. The molecule has 0 atom stereocenters. The van der Waals surface area contributed by atoms with Crippen molar-refractivity contribution in [2.75, 3.05) is 16.4 Å². The summed E-state index contributed by atoms with van der Waals surface area (Å²) in [4.78, 5) is 12.3. The standard InChI is InChI=1S/C16H14F2N6/c1-9-2-5-13(20-7-9)24-16-14(19)15(21-8-22-16)23-10-3-4-11(17)12(18)6-10/h2-8H,19H2,1H3,(H2,20,21,22,23,24). The largest absolute Gasteiger partial charge is 0.393 e. The van der Waals surface area contributed by atoms with E-state index in [4.69, 9.17) is 5.73 Å². The molecular formula is C16H14F2N6. The summed E-state index contributed by atoms with van der Waals surface area (Å²) in [5, 5.41) is 5.82. The fraction of sp³-hybridized carbons (Fsp3) is 0.0625. The van der Waals surface area contributed by atoms with E-state index < -0.39 is 11.6 Å². The molecule has 0 bridgehead atoms. The molecule has 4 N–H and O–H groups in total. The highest BCUT2D eigenvalue weighted by molar-refractivity contribution is 5.79. The highest BCUT2D eigenvalue weighted by Crippen LogP contribution is 2.28. The molecule has 0 saturated carbocycles. The zero-order valence-electron chi connectivity index (χ0n) is 12.7. The van der Waals surface area contributed by atoms with E-state index in [2.05, 4.69) is 25.6 Å². The minimum absolute atomic E-state index is 0.226. The molecule has 0 aliphatic carbocycles. The average molecular weight is 328 g/mol. The van der Waals surface area contributed by atoms with E-state index in [0.717, 1.165) is 17.7 Å². The van der Waals surface area contributed by atoms with Crippen LogP contribution in [0.4, 0.5) is 37.6 Å². The highest BCUT2D eigenvalue weighted by atomic mass is 19.2. The van der Waals surface area contributed by atoms with Crippen LogP contribution < -0.4 is 16.4 Å². The van der Waals surface area contributed by atoms with Crippen LogP contribution in [-0.4, -0.2) is 15.0 Å². The maximum atomic E-state index is 13.3. The number of nitrogens with one attached hydrogen (secondary N) is 2. The Labute approximate surface area is 136 Å². The number of hydrogen-bond donors (Lipinski definition) is 3. The van der Waals surface area contributed by atoms with E-state index in [0.29, 0.717) is 17.3 Å². The van der Waals surface area contributed by atoms with Gasteiger partial charge in [-0.15, -0.1) is 0 Å². The maximum absolute atomic E-state index is 13.3. The third-order valence-electron chi connectivity index (χ3n) is 3.22. The second kappa shape index (κ2) is 6.45. The number of pyridine rings is 1. The minimum atomic E-state index is -0.963. The van der Waals surface area contributed by atoms with Crippen molar-refractivity contribution >= 4 is 28.8 Å². The number of benzene rings is 1. The van der Waals surface area contributed by atoms with Gasteiger partial charge in [-0.25, -0.2) is 23.7 Å². The highest BCUT2D eigenvalue weighted by Gasteiger charge is 2.10. The molecule has 0 amide bonds. The Kier molecular flexibility index (Phi) is 4.19. The normalized spacial score (nSPS) is 10.5. The first-order valence-corrected chi connectivity index (χ1v) is 7.05. The quantitative estimate of drug-likeness (QED) is 0.679. The van der Waals surface area contributed by atoms with E-state index in [-0.39, 0.29) is 11.5 Å². The summed E-state index contributed by atoms with van der Waals surface area (Å²) in [6.45, 7) is 1.93. The fourth-order valence-corrected chi connectivity index (χ4v) is 1.97. The number of hydrogen-bond acceptors (Lipinski definition) is 6. The van der Waals surface area contributed by atoms with Gasteiger partial charge in [0.25, 0.3) is 0 Å². The van der Waals surface area contributed by atoms with E-state index >= 15 is 0 Å². The summed E-state index contributed by atoms with van der Waals surface area (Å²) in [7, 11) is 0. The average Bonchev–Trinajstić information content (AvgIpc) is 2.57. The molecule has 6 nitrogen and oxygen atoms in total. The molecule has 122 valence electrons. The van der Waals surface area contributed by atoms with Crippen LogP contribution in [0.1, 0.15) is 5.56 Å². The molecule has 0 radical (unpaired) electrons. The van der Waals surface area contributed by atoms with Gasteiger partial charge in [0, 0.05) is 18.0 Å². The number of aryl methyl sites for hydroxylation is 1. The lowest BCUT2D eigenvalue weighted by molar-refractivity contribution is 0.509. The molecule has 0 unspecified atom stereocenters. The lowest BCUT2D eigenvalue weighted by Crippen LogP contribution is -2.06. The van der Waals surface area contributed by atoms with Gasteiger partial charge in [0.15, 0.2) is 23.3 Å². The first kappa shape index (κ1) is 15.6. The van der Waals surface area contributed by atoms with Crippen molar-refractivity contribution in [2.24, 2.45) is 0 Å². The van der Waals surface area contributed by atoms with Gasteiger partial charge in [-0.2, -0.15) is 0 Å². The van der Waals surface area contributed by atoms with Crippen molar-refractivity contribution in [1.82, 2.24) is 15.0 Å². The Morgan fingerprint density at radius 2 is 1.67 bits per heavy atom. The molecule has 0 aliphatic heterocycles. The van der Waals surface area contributed by atoms with E-state index in [1.807, 2.05) is 13.0 Å². The zero-order valence-corrected chi connectivity index (χ0v) is 12.7. The third-order valence-corrected chi connectivity index (χ3v) is 3.22. The number of nitrogens with two attached hydrogens (primary N) is 1. The van der Waals surface area contributed by atoms with Gasteiger partial charge in [-0.1, -0.05) is 6.07 Å². The van der Waals surface area contributed by atoms with Crippen molar-refractivity contribution in [3.05, 3.63) is 60.1 Å². The van der Waals surface area contributed by atoms with E-state index in [1.54, 1.807) is 12.3 Å². The minimum Gasteiger partial charge on any atom is -0.393 e. The van der Waals surface area contributed by atoms with Crippen molar-refractivity contribution in [1.29, 1.82) is 0 Å². The predicted molar refractivity (Wildman–Crippen MR) is 88.3 cm³/mol. The summed E-state index contributed by atoms with van der Waals surface area (Å²) in [6.07, 6.45) is 3.01. The van der Waals surface area contributed by atoms with Gasteiger partial charge < -0.3 is 16.4 Å². The van der Waals surface area contributed by atoms with Crippen LogP contribution in [0.15, 0.2) is 42.9 Å². The Morgan fingerprint density at radius 3 is 2.33 bits per heavy atom. The predicted octanol–water partition coefficient (Wildman–Crippen LogP) is 3.53. The van der Waals surface area contributed by atoms with E-state index in [1.165, 1.54) is 12.4 Å². The van der Waals surface area contributed by atoms with Gasteiger partial charge >= 0.3 is 0 Å². The van der Waals surface area contributed by atoms with Crippen LogP contribution in [-0.2, 0) is 0 Å². The summed E-state index contributed by atoms with van der Waals surface area (Å²) < 4.78 is 26.3. The molecule has 0 aliphatic rings. The molecule has 3 rings (SSSR count). The van der Waals surface area contributed by atoms with Crippen LogP contribution in [0.25, 0.3) is 0 Å². The van der Waals surface area contributed by atoms with Gasteiger partial charge in [0.2, 0.25) is 0 Å². The van der Waals surface area contributed by atoms with Crippen LogP contribution in [0.5, 0.6) is 0 Å². The van der Waals surface area contributed by atoms with Crippen LogP contribution in [0.2, 0.25) is 0 Å². The number of nitrogen functional groups attached to an aromatic ring is 1. The van der Waals surface area contributed by atoms with Crippen molar-refractivity contribution < 1.29 is 8.78 Å². The van der Waals surface area contributed by atoms with Gasteiger partial charge in [-0.05, 0) is 30.7 Å². The number of nitrogens with zero attached hydrogens (tertiary/aromatic N) is 3. The molecule has 1 aromatic carbocycles. The van der Waals surface area contributed by atoms with Crippen LogP contribution in [0.3, 0.4) is 0 Å². The zero-order chi connectivity index (χ0) is 17.1.